The second-order valence-electron chi connectivity index (χ2n) is 4.75. The van der Waals surface area contributed by atoms with Gasteiger partial charge in [0.15, 0.2) is 0 Å². The molecule has 1 aromatic heterocycles. The zero-order valence-corrected chi connectivity index (χ0v) is 11.5. The van der Waals surface area contributed by atoms with E-state index >= 15 is 0 Å². The fraction of sp³-hybridized carbons (Fsp3) is 0.667. The number of halogens is 1. The summed E-state index contributed by atoms with van der Waals surface area (Å²) >= 11 is 0. The highest BCUT2D eigenvalue weighted by Gasteiger charge is 2.25. The van der Waals surface area contributed by atoms with E-state index < -0.39 is 0 Å². The number of aromatic nitrogens is 2. The Morgan fingerprint density at radius 2 is 2.44 bits per heavy atom. The smallest absolute Gasteiger partial charge is 0.257 e. The van der Waals surface area contributed by atoms with Gasteiger partial charge in [-0.3, -0.25) is 9.89 Å². The highest BCUT2D eigenvalue weighted by Crippen LogP contribution is 2.21. The Hall–Kier alpha value is -1.07. The molecule has 0 bridgehead atoms. The number of aromatic amines is 1. The lowest BCUT2D eigenvalue weighted by Gasteiger charge is -2.32. The SMILES string of the molecule is Cc1[nH]ncc1C(=O)N1CCCC(CCN)C1.Cl. The van der Waals surface area contributed by atoms with Gasteiger partial charge in [0.05, 0.1) is 11.8 Å². The van der Waals surface area contributed by atoms with Crippen LogP contribution in [0.15, 0.2) is 6.20 Å². The van der Waals surface area contributed by atoms with E-state index in [1.54, 1.807) is 6.20 Å². The number of H-pyrrole nitrogens is 1. The van der Waals surface area contributed by atoms with Crippen molar-refractivity contribution in [3.8, 4) is 0 Å². The fourth-order valence-electron chi connectivity index (χ4n) is 2.46. The van der Waals surface area contributed by atoms with Crippen molar-refractivity contribution >= 4 is 18.3 Å². The van der Waals surface area contributed by atoms with Crippen LogP contribution in [0.1, 0.15) is 35.3 Å². The van der Waals surface area contributed by atoms with Crippen LogP contribution >= 0.6 is 12.4 Å². The molecule has 1 atom stereocenters. The predicted octanol–water partition coefficient (Wildman–Crippen LogP) is 1.34. The molecule has 6 heteroatoms. The lowest BCUT2D eigenvalue weighted by molar-refractivity contribution is 0.0669. The van der Waals surface area contributed by atoms with Crippen molar-refractivity contribution in [3.05, 3.63) is 17.5 Å². The first-order valence-electron chi connectivity index (χ1n) is 6.21. The van der Waals surface area contributed by atoms with E-state index in [2.05, 4.69) is 10.2 Å². The number of nitrogens with two attached hydrogens (primary N) is 1. The van der Waals surface area contributed by atoms with Gasteiger partial charge in [-0.2, -0.15) is 5.10 Å². The minimum Gasteiger partial charge on any atom is -0.338 e. The molecule has 3 N–H and O–H groups in total. The number of nitrogens with one attached hydrogen (secondary N) is 1. The van der Waals surface area contributed by atoms with Gasteiger partial charge < -0.3 is 10.6 Å². The van der Waals surface area contributed by atoms with Crippen LogP contribution in [-0.4, -0.2) is 40.6 Å². The van der Waals surface area contributed by atoms with Gasteiger partial charge in [-0.15, -0.1) is 12.4 Å². The van der Waals surface area contributed by atoms with E-state index in [4.69, 9.17) is 5.73 Å². The van der Waals surface area contributed by atoms with Crippen molar-refractivity contribution in [1.82, 2.24) is 15.1 Å². The molecule has 0 radical (unpaired) electrons. The molecule has 0 spiro atoms. The largest absolute Gasteiger partial charge is 0.338 e. The Kier molecular flexibility index (Phi) is 5.62. The number of aryl methyl sites for hydroxylation is 1. The summed E-state index contributed by atoms with van der Waals surface area (Å²) in [5.74, 6) is 0.655. The van der Waals surface area contributed by atoms with Crippen molar-refractivity contribution in [3.63, 3.8) is 0 Å². The summed E-state index contributed by atoms with van der Waals surface area (Å²) in [7, 11) is 0. The molecule has 1 saturated heterocycles. The quantitative estimate of drug-likeness (QED) is 0.872. The zero-order valence-electron chi connectivity index (χ0n) is 10.7. The molecule has 0 saturated carbocycles. The first-order chi connectivity index (χ1) is 8.22. The molecule has 0 aliphatic carbocycles. The summed E-state index contributed by atoms with van der Waals surface area (Å²) in [5.41, 5.74) is 7.12. The summed E-state index contributed by atoms with van der Waals surface area (Å²) in [6.07, 6.45) is 4.89. The number of likely N-dealkylation sites (tertiary alicyclic amines) is 1. The minimum absolute atomic E-state index is 0. The van der Waals surface area contributed by atoms with Crippen LogP contribution in [0, 0.1) is 12.8 Å². The van der Waals surface area contributed by atoms with Crippen molar-refractivity contribution in [2.45, 2.75) is 26.2 Å². The second kappa shape index (κ2) is 6.75. The minimum atomic E-state index is 0. The highest BCUT2D eigenvalue weighted by molar-refractivity contribution is 5.95. The maximum Gasteiger partial charge on any atom is 0.257 e. The Morgan fingerprint density at radius 1 is 1.67 bits per heavy atom. The standard InChI is InChI=1S/C12H20N4O.ClH/c1-9-11(7-14-15-9)12(17)16-6-2-3-10(8-16)4-5-13;/h7,10H,2-6,8,13H2,1H3,(H,14,15);1H. The number of nitrogens with zero attached hydrogens (tertiary/aromatic N) is 2. The molecule has 1 aromatic rings. The first-order valence-corrected chi connectivity index (χ1v) is 6.21. The van der Waals surface area contributed by atoms with Crippen LogP contribution in [0.5, 0.6) is 0 Å². The molecule has 2 rings (SSSR count). The van der Waals surface area contributed by atoms with Crippen molar-refractivity contribution in [2.24, 2.45) is 11.7 Å². The van der Waals surface area contributed by atoms with Crippen LogP contribution in [0.4, 0.5) is 0 Å². The monoisotopic (exact) mass is 272 g/mol. The van der Waals surface area contributed by atoms with Gasteiger partial charge in [0.25, 0.3) is 5.91 Å². The number of carbonyl (C=O) groups is 1. The third-order valence-electron chi connectivity index (χ3n) is 3.44. The summed E-state index contributed by atoms with van der Waals surface area (Å²) in [6, 6.07) is 0. The Balaban J connectivity index is 0.00000162. The molecule has 1 aliphatic rings. The molecule has 1 fully saturated rings. The van der Waals surface area contributed by atoms with Crippen LogP contribution < -0.4 is 5.73 Å². The maximum atomic E-state index is 12.3. The van der Waals surface area contributed by atoms with E-state index in [-0.39, 0.29) is 18.3 Å². The van der Waals surface area contributed by atoms with Crippen molar-refractivity contribution in [1.29, 1.82) is 0 Å². The van der Waals surface area contributed by atoms with E-state index in [9.17, 15) is 4.79 Å². The highest BCUT2D eigenvalue weighted by atomic mass is 35.5. The third kappa shape index (κ3) is 3.23. The molecule has 18 heavy (non-hydrogen) atoms. The van der Waals surface area contributed by atoms with Crippen molar-refractivity contribution in [2.75, 3.05) is 19.6 Å². The van der Waals surface area contributed by atoms with Gasteiger partial charge in [-0.1, -0.05) is 0 Å². The lowest BCUT2D eigenvalue weighted by atomic mass is 9.94. The molecular weight excluding hydrogens is 252 g/mol. The molecule has 1 amide bonds. The summed E-state index contributed by atoms with van der Waals surface area (Å²) in [5, 5.41) is 6.71. The number of hydrogen-bond donors (Lipinski definition) is 2. The second-order valence-corrected chi connectivity index (χ2v) is 4.75. The normalized spacial score (nSPS) is 19.4. The van der Waals surface area contributed by atoms with E-state index in [1.807, 2.05) is 11.8 Å². The van der Waals surface area contributed by atoms with Gasteiger partial charge in [0, 0.05) is 18.8 Å². The molecule has 1 aliphatic heterocycles. The van der Waals surface area contributed by atoms with Gasteiger partial charge in [0.1, 0.15) is 0 Å². The van der Waals surface area contributed by atoms with Crippen LogP contribution in [-0.2, 0) is 0 Å². The number of rotatable bonds is 3. The number of amides is 1. The Morgan fingerprint density at radius 3 is 3.06 bits per heavy atom. The number of piperidine rings is 1. The molecule has 0 aromatic carbocycles. The van der Waals surface area contributed by atoms with Gasteiger partial charge in [0.2, 0.25) is 0 Å². The summed E-state index contributed by atoms with van der Waals surface area (Å²) in [6.45, 7) is 4.27. The fourth-order valence-corrected chi connectivity index (χ4v) is 2.46. The molecular formula is C12H21ClN4O. The molecule has 102 valence electrons. The zero-order chi connectivity index (χ0) is 12.3. The first kappa shape index (κ1) is 15.0. The van der Waals surface area contributed by atoms with E-state index in [0.717, 1.165) is 31.6 Å². The van der Waals surface area contributed by atoms with Crippen molar-refractivity contribution < 1.29 is 4.79 Å². The van der Waals surface area contributed by atoms with Crippen LogP contribution in [0.3, 0.4) is 0 Å². The molecule has 2 heterocycles. The summed E-state index contributed by atoms with van der Waals surface area (Å²) < 4.78 is 0. The van der Waals surface area contributed by atoms with Crippen LogP contribution in [0.2, 0.25) is 0 Å². The van der Waals surface area contributed by atoms with E-state index in [0.29, 0.717) is 18.0 Å². The lowest BCUT2D eigenvalue weighted by Crippen LogP contribution is -2.40. The average molecular weight is 273 g/mol. The third-order valence-corrected chi connectivity index (χ3v) is 3.44. The summed E-state index contributed by atoms with van der Waals surface area (Å²) in [4.78, 5) is 14.2. The van der Waals surface area contributed by atoms with Gasteiger partial charge in [-0.25, -0.2) is 0 Å². The van der Waals surface area contributed by atoms with Crippen LogP contribution in [0.25, 0.3) is 0 Å². The van der Waals surface area contributed by atoms with Gasteiger partial charge >= 0.3 is 0 Å². The number of hydrogen-bond acceptors (Lipinski definition) is 3. The molecule has 5 nitrogen and oxygen atoms in total. The Bertz CT molecular complexity index is 391. The number of carbonyl (C=O) groups excluding carboxylic acids is 1. The Labute approximate surface area is 114 Å². The van der Waals surface area contributed by atoms with E-state index in [1.165, 1.54) is 6.42 Å². The topological polar surface area (TPSA) is 75.0 Å². The predicted molar refractivity (Wildman–Crippen MR) is 72.9 cm³/mol. The maximum absolute atomic E-state index is 12.3. The van der Waals surface area contributed by atoms with Gasteiger partial charge in [-0.05, 0) is 38.6 Å². The molecule has 1 unspecified atom stereocenters. The average Bonchev–Trinajstić information content (AvgIpc) is 2.75.